The Labute approximate surface area is 236 Å². The van der Waals surface area contributed by atoms with Crippen molar-refractivity contribution in [2.75, 3.05) is 21.1 Å². The summed E-state index contributed by atoms with van der Waals surface area (Å²) in [4.78, 5) is 13.2. The van der Waals surface area contributed by atoms with Crippen LogP contribution in [0.15, 0.2) is 65.6 Å². The number of halogens is 3. The normalized spacial score (nSPS) is 21.3. The second-order valence-corrected chi connectivity index (χ2v) is 15.1. The van der Waals surface area contributed by atoms with Gasteiger partial charge in [-0.1, -0.05) is 23.7 Å². The summed E-state index contributed by atoms with van der Waals surface area (Å²) < 4.78 is 82.6. The van der Waals surface area contributed by atoms with E-state index in [9.17, 15) is 30.4 Å². The number of fused-ring (bicyclic) bond motifs is 2. The first-order valence-electron chi connectivity index (χ1n) is 12.8. The third kappa shape index (κ3) is 4.38. The Morgan fingerprint density at radius 3 is 2.25 bits per heavy atom. The fourth-order valence-electron chi connectivity index (χ4n) is 6.17. The molecule has 210 valence electrons. The van der Waals surface area contributed by atoms with Gasteiger partial charge in [-0.25, -0.2) is 25.6 Å². The molecule has 0 bridgehead atoms. The molecule has 1 amide bonds. The van der Waals surface area contributed by atoms with Crippen LogP contribution in [0.2, 0.25) is 5.02 Å². The lowest BCUT2D eigenvalue weighted by atomic mass is 9.70. The third-order valence-corrected chi connectivity index (χ3v) is 12.1. The van der Waals surface area contributed by atoms with E-state index in [1.807, 2.05) is 0 Å². The number of sulfonamides is 1. The number of hydrogen-bond acceptors (Lipinski definition) is 5. The molecule has 2 heterocycles. The summed E-state index contributed by atoms with van der Waals surface area (Å²) in [6.07, 6.45) is 1.77. The van der Waals surface area contributed by atoms with Crippen molar-refractivity contribution in [1.82, 2.24) is 0 Å². The molecule has 2 aliphatic heterocycles. The van der Waals surface area contributed by atoms with E-state index in [-0.39, 0.29) is 57.1 Å². The average Bonchev–Trinajstić information content (AvgIpc) is 3.70. The minimum absolute atomic E-state index is 0.00749. The predicted molar refractivity (Wildman–Crippen MR) is 148 cm³/mol. The molecule has 1 aliphatic carbocycles. The van der Waals surface area contributed by atoms with Crippen molar-refractivity contribution in [2.24, 2.45) is 5.92 Å². The van der Waals surface area contributed by atoms with Gasteiger partial charge in [-0.2, -0.15) is 0 Å². The molecule has 1 spiro atoms. The lowest BCUT2D eigenvalue weighted by molar-refractivity contribution is 0.102. The number of carbonyl (C=O) groups is 1. The number of hydrogen-bond donors (Lipinski definition) is 1. The van der Waals surface area contributed by atoms with E-state index in [2.05, 4.69) is 5.32 Å². The van der Waals surface area contributed by atoms with E-state index in [4.69, 9.17) is 11.6 Å². The highest BCUT2D eigenvalue weighted by Crippen LogP contribution is 2.61. The van der Waals surface area contributed by atoms with E-state index in [0.717, 1.165) is 25.0 Å². The van der Waals surface area contributed by atoms with Crippen LogP contribution >= 0.6 is 11.6 Å². The zero-order valence-corrected chi connectivity index (χ0v) is 23.5. The number of para-hydroxylation sites is 1. The monoisotopic (exact) mass is 606 g/mol. The summed E-state index contributed by atoms with van der Waals surface area (Å²) >= 11 is 6.95. The first kappa shape index (κ1) is 27.2. The van der Waals surface area contributed by atoms with Gasteiger partial charge in [0.15, 0.2) is 0 Å². The topological polar surface area (TPSA) is 101 Å². The van der Waals surface area contributed by atoms with Gasteiger partial charge in [-0.05, 0) is 80.1 Å². The molecule has 40 heavy (non-hydrogen) atoms. The second-order valence-electron chi connectivity index (χ2n) is 10.6. The quantitative estimate of drug-likeness (QED) is 0.425. The number of amides is 1. The zero-order valence-electron chi connectivity index (χ0n) is 21.1. The van der Waals surface area contributed by atoms with Crippen LogP contribution in [-0.2, 0) is 25.3 Å². The summed E-state index contributed by atoms with van der Waals surface area (Å²) in [6, 6.07) is 12.5. The van der Waals surface area contributed by atoms with Crippen LogP contribution in [0.4, 0.5) is 20.2 Å². The van der Waals surface area contributed by atoms with Crippen LogP contribution < -0.4 is 9.62 Å². The number of sulfone groups is 1. The van der Waals surface area contributed by atoms with Gasteiger partial charge in [-0.15, -0.1) is 0 Å². The zero-order chi connectivity index (χ0) is 28.4. The SMILES string of the molecule is O=C(Nc1ccccc1F)c1ccc2c(c1Cl)C1(CCS(=O)(=O)CC1)C(C1CC1)N2S(=O)(=O)c1ccc(F)cc1. The molecule has 0 aromatic heterocycles. The summed E-state index contributed by atoms with van der Waals surface area (Å²) in [6.45, 7) is 0. The molecule has 0 radical (unpaired) electrons. The summed E-state index contributed by atoms with van der Waals surface area (Å²) in [5.74, 6) is -2.24. The largest absolute Gasteiger partial charge is 0.319 e. The van der Waals surface area contributed by atoms with E-state index >= 15 is 0 Å². The van der Waals surface area contributed by atoms with Crippen LogP contribution in [0, 0.1) is 17.6 Å². The van der Waals surface area contributed by atoms with Crippen LogP contribution in [0.3, 0.4) is 0 Å². The molecular formula is C28H25ClF2N2O5S2. The average molecular weight is 607 g/mol. The molecule has 3 aromatic rings. The maximum atomic E-state index is 14.3. The molecule has 6 rings (SSSR count). The lowest BCUT2D eigenvalue weighted by Crippen LogP contribution is -2.52. The maximum Gasteiger partial charge on any atom is 0.264 e. The van der Waals surface area contributed by atoms with Gasteiger partial charge in [-0.3, -0.25) is 9.10 Å². The highest BCUT2D eigenvalue weighted by atomic mass is 35.5. The van der Waals surface area contributed by atoms with Gasteiger partial charge >= 0.3 is 0 Å². The fraction of sp³-hybridized carbons (Fsp3) is 0.321. The molecule has 2 fully saturated rings. The molecule has 1 saturated heterocycles. The Hall–Kier alpha value is -3.02. The van der Waals surface area contributed by atoms with Crippen LogP contribution in [0.25, 0.3) is 0 Å². The molecule has 3 aromatic carbocycles. The minimum atomic E-state index is -4.22. The summed E-state index contributed by atoms with van der Waals surface area (Å²) in [5.41, 5.74) is -0.299. The van der Waals surface area contributed by atoms with Gasteiger partial charge in [0.1, 0.15) is 21.5 Å². The maximum absolute atomic E-state index is 14.3. The van der Waals surface area contributed by atoms with Gasteiger partial charge in [0.05, 0.1) is 44.4 Å². The number of carbonyl (C=O) groups excluding carboxylic acids is 1. The van der Waals surface area contributed by atoms with E-state index in [0.29, 0.717) is 5.56 Å². The molecular weight excluding hydrogens is 582 g/mol. The van der Waals surface area contributed by atoms with Crippen molar-refractivity contribution in [3.8, 4) is 0 Å². The van der Waals surface area contributed by atoms with Crippen molar-refractivity contribution in [2.45, 2.75) is 42.0 Å². The smallest absolute Gasteiger partial charge is 0.264 e. The van der Waals surface area contributed by atoms with Crippen LogP contribution in [-0.4, -0.2) is 40.3 Å². The minimum Gasteiger partial charge on any atom is -0.319 e. The standard InChI is InChI=1S/C28H25ClF2N2O5S2/c29-25-20(27(34)32-22-4-2-1-3-21(22)31)11-12-23-24(25)28(13-15-39(35,36)16-14-28)26(17-5-6-17)33(23)40(37,38)19-9-7-18(30)8-10-19/h1-4,7-12,17,26H,5-6,13-16H2,(H,32,34). The van der Waals surface area contributed by atoms with Gasteiger partial charge in [0.2, 0.25) is 0 Å². The van der Waals surface area contributed by atoms with Crippen LogP contribution in [0.5, 0.6) is 0 Å². The Bertz CT molecular complexity index is 1730. The number of rotatable bonds is 5. The number of anilines is 2. The number of nitrogens with zero attached hydrogens (tertiary/aromatic N) is 1. The van der Waals surface area contributed by atoms with E-state index in [1.54, 1.807) is 6.07 Å². The molecule has 1 saturated carbocycles. The Morgan fingerprint density at radius 1 is 0.975 bits per heavy atom. The number of nitrogens with one attached hydrogen (secondary N) is 1. The molecule has 3 aliphatic rings. The summed E-state index contributed by atoms with van der Waals surface area (Å²) in [7, 11) is -7.57. The van der Waals surface area contributed by atoms with Crippen molar-refractivity contribution < 1.29 is 30.4 Å². The second kappa shape index (κ2) is 9.53. The van der Waals surface area contributed by atoms with Crippen molar-refractivity contribution >= 4 is 48.7 Å². The van der Waals surface area contributed by atoms with E-state index < -0.39 is 48.9 Å². The molecule has 1 N–H and O–H groups in total. The van der Waals surface area contributed by atoms with Gasteiger partial charge < -0.3 is 5.32 Å². The Morgan fingerprint density at radius 2 is 1.62 bits per heavy atom. The van der Waals surface area contributed by atoms with Crippen LogP contribution in [0.1, 0.15) is 41.6 Å². The van der Waals surface area contributed by atoms with Gasteiger partial charge in [0, 0.05) is 11.0 Å². The fourth-order valence-corrected chi connectivity index (χ4v) is 9.95. The lowest BCUT2D eigenvalue weighted by Gasteiger charge is -2.42. The van der Waals surface area contributed by atoms with Gasteiger partial charge in [0.25, 0.3) is 15.9 Å². The molecule has 12 heteroatoms. The molecule has 1 atom stereocenters. The Kier molecular flexibility index (Phi) is 6.47. The van der Waals surface area contributed by atoms with E-state index in [1.165, 1.54) is 46.8 Å². The molecule has 7 nitrogen and oxygen atoms in total. The molecule has 1 unspecified atom stereocenters. The van der Waals surface area contributed by atoms with Crippen molar-refractivity contribution in [3.05, 3.63) is 88.4 Å². The third-order valence-electron chi connectivity index (χ3n) is 8.20. The predicted octanol–water partition coefficient (Wildman–Crippen LogP) is 5.30. The summed E-state index contributed by atoms with van der Waals surface area (Å²) in [5, 5.41) is 2.53. The van der Waals surface area contributed by atoms with Crippen molar-refractivity contribution in [3.63, 3.8) is 0 Å². The highest BCUT2D eigenvalue weighted by Gasteiger charge is 2.61. The first-order valence-corrected chi connectivity index (χ1v) is 16.5. The Balaban J connectivity index is 1.53. The number of benzene rings is 3. The van der Waals surface area contributed by atoms with Crippen molar-refractivity contribution in [1.29, 1.82) is 0 Å². The highest BCUT2D eigenvalue weighted by molar-refractivity contribution is 7.93. The first-order chi connectivity index (χ1) is 18.9.